The van der Waals surface area contributed by atoms with E-state index in [9.17, 15) is 9.90 Å². The van der Waals surface area contributed by atoms with E-state index in [-0.39, 0.29) is 11.4 Å². The van der Waals surface area contributed by atoms with Crippen molar-refractivity contribution in [1.82, 2.24) is 4.98 Å². The first-order valence-corrected chi connectivity index (χ1v) is 8.02. The average molecular weight is 342 g/mol. The molecule has 2 aromatic carbocycles. The number of hydrogen-bond acceptors (Lipinski definition) is 5. The molecule has 0 amide bonds. The Morgan fingerprint density at radius 2 is 2.08 bits per heavy atom. The first-order valence-electron chi connectivity index (χ1n) is 7.20. The van der Waals surface area contributed by atoms with Gasteiger partial charge in [-0.2, -0.15) is 0 Å². The number of azide groups is 1. The van der Waals surface area contributed by atoms with Gasteiger partial charge in [-0.3, -0.25) is 4.79 Å². The van der Waals surface area contributed by atoms with E-state index in [0.717, 1.165) is 16.9 Å². The van der Waals surface area contributed by atoms with E-state index in [4.69, 9.17) is 10.3 Å². The number of benzene rings is 2. The molecule has 0 saturated carbocycles. The molecule has 0 spiro atoms. The molecule has 122 valence electrons. The number of nitrogens with one attached hydrogen (secondary N) is 1. The van der Waals surface area contributed by atoms with E-state index in [1.807, 2.05) is 30.3 Å². The second-order valence-corrected chi connectivity index (χ2v) is 6.06. The van der Waals surface area contributed by atoms with Gasteiger partial charge in [0.05, 0.1) is 17.3 Å². The number of aromatic amines is 1. The zero-order valence-electron chi connectivity index (χ0n) is 12.5. The van der Waals surface area contributed by atoms with Crippen LogP contribution in [0.15, 0.2) is 52.4 Å². The Hall–Kier alpha value is -2.80. The molecule has 1 atom stereocenters. The Morgan fingerprint density at radius 1 is 1.29 bits per heavy atom. The lowest BCUT2D eigenvalue weighted by Crippen LogP contribution is -2.02. The van der Waals surface area contributed by atoms with Crippen LogP contribution in [0.3, 0.4) is 0 Å². The van der Waals surface area contributed by atoms with Gasteiger partial charge in [0.25, 0.3) is 0 Å². The summed E-state index contributed by atoms with van der Waals surface area (Å²) < 4.78 is 6.41. The summed E-state index contributed by atoms with van der Waals surface area (Å²) in [6.45, 7) is 0.274. The highest BCUT2D eigenvalue weighted by atomic mass is 32.1. The number of aliphatic hydroxyl groups is 1. The van der Waals surface area contributed by atoms with E-state index in [1.165, 1.54) is 0 Å². The highest BCUT2D eigenvalue weighted by molar-refractivity contribution is 7.16. The molecule has 0 aliphatic heterocycles. The minimum Gasteiger partial charge on any atom is -0.487 e. The van der Waals surface area contributed by atoms with Crippen LogP contribution in [0.1, 0.15) is 17.2 Å². The number of H-pyrrole nitrogens is 1. The van der Waals surface area contributed by atoms with Gasteiger partial charge in [0.2, 0.25) is 0 Å². The second-order valence-electron chi connectivity index (χ2n) is 5.08. The van der Waals surface area contributed by atoms with Gasteiger partial charge >= 0.3 is 4.87 Å². The highest BCUT2D eigenvalue weighted by Gasteiger charge is 2.16. The number of fused-ring (bicyclic) bond motifs is 1. The molecule has 0 fully saturated rings. The smallest absolute Gasteiger partial charge is 0.305 e. The summed E-state index contributed by atoms with van der Waals surface area (Å²) in [5.41, 5.74) is 10.5. The molecule has 0 aliphatic rings. The Balaban J connectivity index is 1.93. The predicted octanol–water partition coefficient (Wildman–Crippen LogP) is 3.51. The minimum atomic E-state index is -0.974. The number of thiazole rings is 1. The van der Waals surface area contributed by atoms with Crippen molar-refractivity contribution in [1.29, 1.82) is 0 Å². The molecule has 1 heterocycles. The number of aromatic nitrogens is 1. The third kappa shape index (κ3) is 3.41. The van der Waals surface area contributed by atoms with Crippen molar-refractivity contribution in [2.24, 2.45) is 5.11 Å². The molecular formula is C16H14N4O3S. The molecule has 0 bridgehead atoms. The van der Waals surface area contributed by atoms with Gasteiger partial charge in [0, 0.05) is 10.5 Å². The predicted molar refractivity (Wildman–Crippen MR) is 92.2 cm³/mol. The molecule has 7 nitrogen and oxygen atoms in total. The Kier molecular flexibility index (Phi) is 4.81. The van der Waals surface area contributed by atoms with Crippen LogP contribution in [-0.2, 0) is 6.61 Å². The fraction of sp³-hybridized carbons (Fsp3) is 0.188. The van der Waals surface area contributed by atoms with Gasteiger partial charge in [-0.1, -0.05) is 52.8 Å². The fourth-order valence-corrected chi connectivity index (χ4v) is 3.27. The number of aliphatic hydroxyl groups excluding tert-OH is 1. The summed E-state index contributed by atoms with van der Waals surface area (Å²) in [5.74, 6) is 0.534. The maximum Gasteiger partial charge on any atom is 0.305 e. The number of ether oxygens (including phenoxy) is 1. The molecule has 3 aromatic rings. The van der Waals surface area contributed by atoms with Crippen molar-refractivity contribution in [2.45, 2.75) is 12.7 Å². The lowest BCUT2D eigenvalue weighted by molar-refractivity contribution is 0.188. The topological polar surface area (TPSA) is 111 Å². The molecule has 1 aromatic heterocycles. The minimum absolute atomic E-state index is 0.0953. The van der Waals surface area contributed by atoms with Gasteiger partial charge in [-0.05, 0) is 17.2 Å². The van der Waals surface area contributed by atoms with E-state index in [2.05, 4.69) is 15.0 Å². The van der Waals surface area contributed by atoms with Crippen LogP contribution < -0.4 is 9.61 Å². The number of rotatable bonds is 6. The van der Waals surface area contributed by atoms with Crippen molar-refractivity contribution in [2.75, 3.05) is 6.54 Å². The maximum absolute atomic E-state index is 11.7. The van der Waals surface area contributed by atoms with Crippen LogP contribution in [0.2, 0.25) is 0 Å². The third-order valence-corrected chi connectivity index (χ3v) is 4.42. The molecular weight excluding hydrogens is 328 g/mol. The lowest BCUT2D eigenvalue weighted by atomic mass is 10.1. The van der Waals surface area contributed by atoms with E-state index < -0.39 is 6.10 Å². The van der Waals surface area contributed by atoms with Crippen molar-refractivity contribution >= 4 is 21.6 Å². The standard InChI is InChI=1S/C16H14N4O3S/c17-20-18-8-12(21)11-6-7-13(14-15(11)24-16(22)19-14)23-9-10-4-2-1-3-5-10/h1-7,12,21H,8-9H2,(H,19,22). The van der Waals surface area contributed by atoms with Gasteiger partial charge in [-0.25, -0.2) is 0 Å². The summed E-state index contributed by atoms with van der Waals surface area (Å²) in [7, 11) is 0. The third-order valence-electron chi connectivity index (χ3n) is 3.49. The van der Waals surface area contributed by atoms with Crippen molar-refractivity contribution in [3.8, 4) is 5.75 Å². The summed E-state index contributed by atoms with van der Waals surface area (Å²) in [6, 6.07) is 13.1. The Bertz CT molecular complexity index is 945. The monoisotopic (exact) mass is 342 g/mol. The van der Waals surface area contributed by atoms with Gasteiger partial charge < -0.3 is 14.8 Å². The first-order chi connectivity index (χ1) is 11.7. The van der Waals surface area contributed by atoms with Crippen molar-refractivity contribution < 1.29 is 9.84 Å². The van der Waals surface area contributed by atoms with Crippen LogP contribution in [0.4, 0.5) is 0 Å². The zero-order valence-corrected chi connectivity index (χ0v) is 13.4. The SMILES string of the molecule is [N-]=[N+]=NCC(O)c1ccc(OCc2ccccc2)c2[nH]c(=O)sc12. The lowest BCUT2D eigenvalue weighted by Gasteiger charge is -2.12. The summed E-state index contributed by atoms with van der Waals surface area (Å²) >= 11 is 0.990. The van der Waals surface area contributed by atoms with Gasteiger partial charge in [0.15, 0.2) is 0 Å². The van der Waals surface area contributed by atoms with Crippen molar-refractivity contribution in [3.05, 3.63) is 73.7 Å². The van der Waals surface area contributed by atoms with Gasteiger partial charge in [0.1, 0.15) is 17.9 Å². The normalized spacial score (nSPS) is 11.9. The molecule has 0 saturated heterocycles. The quantitative estimate of drug-likeness (QED) is 0.406. The van der Waals surface area contributed by atoms with Crippen LogP contribution in [0.5, 0.6) is 5.75 Å². The number of nitrogens with zero attached hydrogens (tertiary/aromatic N) is 3. The highest BCUT2D eigenvalue weighted by Crippen LogP contribution is 2.32. The number of hydrogen-bond donors (Lipinski definition) is 2. The van der Waals surface area contributed by atoms with Crippen LogP contribution in [0.25, 0.3) is 20.7 Å². The Labute approximate surface area is 140 Å². The van der Waals surface area contributed by atoms with Crippen LogP contribution in [0, 0.1) is 0 Å². The first kappa shape index (κ1) is 16.1. The molecule has 0 aliphatic carbocycles. The molecule has 8 heteroatoms. The van der Waals surface area contributed by atoms with Gasteiger partial charge in [-0.15, -0.1) is 0 Å². The van der Waals surface area contributed by atoms with E-state index >= 15 is 0 Å². The van der Waals surface area contributed by atoms with Crippen molar-refractivity contribution in [3.63, 3.8) is 0 Å². The molecule has 3 rings (SSSR count). The molecule has 1 unspecified atom stereocenters. The summed E-state index contributed by atoms with van der Waals surface area (Å²) in [5, 5.41) is 13.5. The molecule has 2 N–H and O–H groups in total. The average Bonchev–Trinajstić information content (AvgIpc) is 3.00. The van der Waals surface area contributed by atoms with Crippen LogP contribution >= 0.6 is 11.3 Å². The van der Waals surface area contributed by atoms with E-state index in [0.29, 0.717) is 28.1 Å². The Morgan fingerprint density at radius 3 is 2.83 bits per heavy atom. The largest absolute Gasteiger partial charge is 0.487 e. The molecule has 0 radical (unpaired) electrons. The zero-order chi connectivity index (χ0) is 16.9. The summed E-state index contributed by atoms with van der Waals surface area (Å²) in [6.07, 6.45) is -0.974. The van der Waals surface area contributed by atoms with Crippen LogP contribution in [-0.4, -0.2) is 16.6 Å². The second kappa shape index (κ2) is 7.18. The maximum atomic E-state index is 11.7. The van der Waals surface area contributed by atoms with E-state index in [1.54, 1.807) is 12.1 Å². The molecule has 24 heavy (non-hydrogen) atoms. The summed E-state index contributed by atoms with van der Waals surface area (Å²) in [4.78, 5) is 16.9. The fourth-order valence-electron chi connectivity index (χ4n) is 2.36.